The van der Waals surface area contributed by atoms with Crippen molar-refractivity contribution in [3.05, 3.63) is 11.1 Å². The fraction of sp³-hybridized carbons (Fsp3) is 0.758. The number of ether oxygens (including phenoxy) is 2. The molecule has 0 unspecified atom stereocenters. The third-order valence-corrected chi connectivity index (χ3v) is 12.0. The molecule has 232 valence electrons. The van der Waals surface area contributed by atoms with Gasteiger partial charge in [0.25, 0.3) is 0 Å². The second kappa shape index (κ2) is 10.5. The molecule has 0 aromatic heterocycles. The lowest BCUT2D eigenvalue weighted by Crippen LogP contribution is -2.65. The number of ketones is 4. The van der Waals surface area contributed by atoms with Crippen LogP contribution in [-0.2, 0) is 38.2 Å². The normalized spacial score (nSPS) is 38.7. The van der Waals surface area contributed by atoms with Crippen LogP contribution in [0.1, 0.15) is 93.9 Å². The zero-order chi connectivity index (χ0) is 31.7. The molecule has 1 N–H and O–H groups in total. The number of carbonyl (C=O) groups excluding carboxylic acids is 6. The average Bonchev–Trinajstić information content (AvgIpc) is 3.11. The van der Waals surface area contributed by atoms with Gasteiger partial charge in [-0.15, -0.1) is 0 Å². The quantitative estimate of drug-likeness (QED) is 0.439. The maximum atomic E-state index is 14.7. The van der Waals surface area contributed by atoms with Crippen LogP contribution >= 0.6 is 0 Å². The molecule has 9 nitrogen and oxygen atoms in total. The summed E-state index contributed by atoms with van der Waals surface area (Å²) in [4.78, 5) is 80.4. The van der Waals surface area contributed by atoms with Crippen LogP contribution in [0.2, 0.25) is 0 Å². The smallest absolute Gasteiger partial charge is 0.308 e. The standard InChI is InChI=1S/C33H46O9/c1-16(12-19(35)13-17(2)29(40)41-9)20-14-24(38)33(8)25-21(36)15-22-30(4,5)23(37)10-11-31(22,6)26(25)27(39)28(32(20,33)7)42-18(3)34/h16-17,20,22-23,28,37H,10-15H2,1-9H3/t16-,17+,20+,22-,23-,28+,31-,32-,33-/m0/s1. The molecule has 4 rings (SSSR count). The van der Waals surface area contributed by atoms with E-state index in [0.717, 1.165) is 0 Å². The first-order chi connectivity index (χ1) is 19.3. The van der Waals surface area contributed by atoms with E-state index in [9.17, 15) is 33.9 Å². The van der Waals surface area contributed by atoms with Gasteiger partial charge in [-0.25, -0.2) is 0 Å². The SMILES string of the molecule is COC(=O)[C@H](C)CC(=O)C[C@H](C)[C@H]1CC(=O)[C@@]2(C)C3=C(C(=O)[C@@H](OC(C)=O)[C@]12C)[C@@]1(C)CC[C@H](O)C(C)(C)[C@@H]1CC3=O. The topological polar surface area (TPSA) is 141 Å². The average molecular weight is 587 g/mol. The lowest BCUT2D eigenvalue weighted by Gasteiger charge is -2.61. The van der Waals surface area contributed by atoms with Crippen molar-refractivity contribution in [2.75, 3.05) is 7.11 Å². The summed E-state index contributed by atoms with van der Waals surface area (Å²) in [6.07, 6.45) is -0.913. The highest BCUT2D eigenvalue weighted by Crippen LogP contribution is 2.70. The second-order valence-corrected chi connectivity index (χ2v) is 14.6. The largest absolute Gasteiger partial charge is 0.469 e. The number of hydrogen-bond acceptors (Lipinski definition) is 9. The van der Waals surface area contributed by atoms with E-state index in [1.165, 1.54) is 14.0 Å². The Hall–Kier alpha value is -2.68. The van der Waals surface area contributed by atoms with Crippen molar-refractivity contribution in [2.24, 2.45) is 45.3 Å². The molecule has 0 aromatic carbocycles. The van der Waals surface area contributed by atoms with E-state index in [2.05, 4.69) is 0 Å². The van der Waals surface area contributed by atoms with Crippen molar-refractivity contribution < 1.29 is 43.3 Å². The molecular formula is C33H46O9. The predicted molar refractivity (Wildman–Crippen MR) is 152 cm³/mol. The number of carbonyl (C=O) groups is 6. The van der Waals surface area contributed by atoms with Crippen LogP contribution < -0.4 is 0 Å². The summed E-state index contributed by atoms with van der Waals surface area (Å²) in [5.74, 6) is -4.18. The van der Waals surface area contributed by atoms with Crippen LogP contribution in [0, 0.1) is 45.3 Å². The van der Waals surface area contributed by atoms with Gasteiger partial charge in [-0.1, -0.05) is 41.5 Å². The number of allylic oxidation sites excluding steroid dienone is 1. The first-order valence-corrected chi connectivity index (χ1v) is 15.1. The molecule has 42 heavy (non-hydrogen) atoms. The number of aliphatic hydroxyl groups is 1. The van der Waals surface area contributed by atoms with E-state index in [1.807, 2.05) is 27.7 Å². The molecule has 0 heterocycles. The van der Waals surface area contributed by atoms with Gasteiger partial charge < -0.3 is 14.6 Å². The zero-order valence-corrected chi connectivity index (χ0v) is 26.4. The maximum absolute atomic E-state index is 14.7. The van der Waals surface area contributed by atoms with Crippen LogP contribution in [0.15, 0.2) is 11.1 Å². The van der Waals surface area contributed by atoms with Crippen molar-refractivity contribution in [2.45, 2.75) is 106 Å². The van der Waals surface area contributed by atoms with Crippen molar-refractivity contribution >= 4 is 35.1 Å². The number of rotatable bonds is 7. The fourth-order valence-electron chi connectivity index (χ4n) is 9.37. The molecule has 2 fully saturated rings. The van der Waals surface area contributed by atoms with Gasteiger partial charge in [-0.2, -0.15) is 0 Å². The molecule has 0 radical (unpaired) electrons. The summed E-state index contributed by atoms with van der Waals surface area (Å²) in [7, 11) is 1.27. The van der Waals surface area contributed by atoms with E-state index in [-0.39, 0.29) is 60.1 Å². The molecule has 0 bridgehead atoms. The van der Waals surface area contributed by atoms with Crippen molar-refractivity contribution in [3.8, 4) is 0 Å². The van der Waals surface area contributed by atoms with E-state index in [0.29, 0.717) is 12.8 Å². The highest BCUT2D eigenvalue weighted by Gasteiger charge is 2.74. The van der Waals surface area contributed by atoms with Crippen molar-refractivity contribution in [1.82, 2.24) is 0 Å². The highest BCUT2D eigenvalue weighted by molar-refractivity contribution is 6.18. The van der Waals surface area contributed by atoms with Gasteiger partial charge in [0, 0.05) is 54.6 Å². The molecule has 9 atom stereocenters. The first kappa shape index (κ1) is 32.2. The van der Waals surface area contributed by atoms with Crippen LogP contribution in [0.5, 0.6) is 0 Å². The van der Waals surface area contributed by atoms with Crippen molar-refractivity contribution in [3.63, 3.8) is 0 Å². The van der Waals surface area contributed by atoms with E-state index < -0.39 is 69.3 Å². The number of aliphatic hydroxyl groups excluding tert-OH is 1. The van der Waals surface area contributed by atoms with E-state index in [1.54, 1.807) is 20.8 Å². The van der Waals surface area contributed by atoms with Gasteiger partial charge in [0.1, 0.15) is 11.6 Å². The van der Waals surface area contributed by atoms with Crippen LogP contribution in [0.4, 0.5) is 0 Å². The molecule has 9 heteroatoms. The van der Waals surface area contributed by atoms with Crippen LogP contribution in [0.3, 0.4) is 0 Å². The molecule has 0 amide bonds. The maximum Gasteiger partial charge on any atom is 0.308 e. The lowest BCUT2D eigenvalue weighted by atomic mass is 9.42. The minimum absolute atomic E-state index is 0.0207. The molecule has 0 aliphatic heterocycles. The third kappa shape index (κ3) is 4.36. The number of Topliss-reactive ketones (excluding diaryl/α,β-unsaturated/α-hetero) is 4. The number of methoxy groups -OCH3 is 1. The van der Waals surface area contributed by atoms with E-state index in [4.69, 9.17) is 9.47 Å². The minimum atomic E-state index is -1.41. The molecule has 4 aliphatic rings. The minimum Gasteiger partial charge on any atom is -0.469 e. The number of hydrogen-bond donors (Lipinski definition) is 1. The number of esters is 2. The molecular weight excluding hydrogens is 540 g/mol. The van der Waals surface area contributed by atoms with Crippen LogP contribution in [0.25, 0.3) is 0 Å². The summed E-state index contributed by atoms with van der Waals surface area (Å²) >= 11 is 0. The zero-order valence-electron chi connectivity index (χ0n) is 26.4. The Labute approximate surface area is 248 Å². The monoisotopic (exact) mass is 586 g/mol. The summed E-state index contributed by atoms with van der Waals surface area (Å²) < 4.78 is 10.6. The summed E-state index contributed by atoms with van der Waals surface area (Å²) in [6.45, 7) is 13.9. The van der Waals surface area contributed by atoms with Gasteiger partial charge in [0.2, 0.25) is 5.78 Å². The predicted octanol–water partition coefficient (Wildman–Crippen LogP) is 3.97. The summed E-state index contributed by atoms with van der Waals surface area (Å²) in [5, 5.41) is 10.9. The Morgan fingerprint density at radius 3 is 2.17 bits per heavy atom. The highest BCUT2D eigenvalue weighted by atomic mass is 16.5. The Morgan fingerprint density at radius 1 is 0.976 bits per heavy atom. The molecule has 0 spiro atoms. The van der Waals surface area contributed by atoms with Gasteiger partial charge >= 0.3 is 11.9 Å². The lowest BCUT2D eigenvalue weighted by molar-refractivity contribution is -0.176. The summed E-state index contributed by atoms with van der Waals surface area (Å²) in [6, 6.07) is 0. The summed E-state index contributed by atoms with van der Waals surface area (Å²) in [5.41, 5.74) is -3.63. The molecule has 4 aliphatic carbocycles. The van der Waals surface area contributed by atoms with E-state index >= 15 is 0 Å². The Bertz CT molecular complexity index is 1280. The Kier molecular flexibility index (Phi) is 8.05. The molecule has 0 aromatic rings. The number of fused-ring (bicyclic) bond motifs is 4. The van der Waals surface area contributed by atoms with Gasteiger partial charge in [-0.3, -0.25) is 28.8 Å². The Balaban J connectivity index is 1.85. The van der Waals surface area contributed by atoms with Gasteiger partial charge in [0.05, 0.1) is 24.5 Å². The van der Waals surface area contributed by atoms with Crippen molar-refractivity contribution in [1.29, 1.82) is 0 Å². The van der Waals surface area contributed by atoms with Gasteiger partial charge in [-0.05, 0) is 42.9 Å². The Morgan fingerprint density at radius 2 is 1.60 bits per heavy atom. The van der Waals surface area contributed by atoms with Crippen LogP contribution in [-0.4, -0.2) is 59.5 Å². The second-order valence-electron chi connectivity index (χ2n) is 14.6. The first-order valence-electron chi connectivity index (χ1n) is 15.1. The molecule has 0 saturated heterocycles. The molecule has 2 saturated carbocycles. The van der Waals surface area contributed by atoms with Gasteiger partial charge in [0.15, 0.2) is 11.9 Å². The fourth-order valence-corrected chi connectivity index (χ4v) is 9.37. The third-order valence-electron chi connectivity index (χ3n) is 12.0.